The van der Waals surface area contributed by atoms with Crippen molar-refractivity contribution in [2.45, 2.75) is 13.5 Å². The minimum absolute atomic E-state index is 0.154. The lowest BCUT2D eigenvalue weighted by Gasteiger charge is -2.00. The highest BCUT2D eigenvalue weighted by Gasteiger charge is 2.14. The van der Waals surface area contributed by atoms with Gasteiger partial charge in [0.2, 0.25) is 0 Å². The summed E-state index contributed by atoms with van der Waals surface area (Å²) >= 11 is 0. The maximum absolute atomic E-state index is 12.7. The molecule has 0 bridgehead atoms. The van der Waals surface area contributed by atoms with Crippen molar-refractivity contribution in [3.05, 3.63) is 65.3 Å². The summed E-state index contributed by atoms with van der Waals surface area (Å²) in [5, 5.41) is 7.37. The van der Waals surface area contributed by atoms with Crippen LogP contribution in [-0.4, -0.2) is 24.4 Å². The molecule has 4 aromatic rings. The van der Waals surface area contributed by atoms with E-state index in [2.05, 4.69) is 15.2 Å². The molecule has 0 spiro atoms. The molecule has 114 valence electrons. The summed E-state index contributed by atoms with van der Waals surface area (Å²) in [7, 11) is 0. The van der Waals surface area contributed by atoms with Gasteiger partial charge in [-0.05, 0) is 18.6 Å². The van der Waals surface area contributed by atoms with Gasteiger partial charge in [0.25, 0.3) is 5.56 Å². The summed E-state index contributed by atoms with van der Waals surface area (Å²) in [6.45, 7) is 2.76. The van der Waals surface area contributed by atoms with E-state index >= 15 is 0 Å². The molecule has 0 unspecified atom stereocenters. The van der Waals surface area contributed by atoms with Crippen LogP contribution in [0.1, 0.15) is 6.92 Å². The van der Waals surface area contributed by atoms with Gasteiger partial charge in [-0.15, -0.1) is 0 Å². The van der Waals surface area contributed by atoms with Crippen LogP contribution in [0.3, 0.4) is 0 Å². The Hall–Kier alpha value is -3.15. The molecule has 1 aromatic carbocycles. The first-order valence-corrected chi connectivity index (χ1v) is 7.46. The Morgan fingerprint density at radius 3 is 2.70 bits per heavy atom. The molecule has 1 N–H and O–H groups in total. The molecular formula is C17H15N5O. The van der Waals surface area contributed by atoms with Crippen molar-refractivity contribution in [1.29, 1.82) is 0 Å². The molecule has 0 atom stereocenters. The van der Waals surface area contributed by atoms with E-state index in [-0.39, 0.29) is 5.56 Å². The van der Waals surface area contributed by atoms with Crippen LogP contribution in [0.4, 0.5) is 0 Å². The fourth-order valence-electron chi connectivity index (χ4n) is 2.65. The highest BCUT2D eigenvalue weighted by atomic mass is 16.1. The molecule has 3 aromatic heterocycles. The second-order valence-corrected chi connectivity index (χ2v) is 5.25. The van der Waals surface area contributed by atoms with E-state index in [9.17, 15) is 4.79 Å². The lowest BCUT2D eigenvalue weighted by Crippen LogP contribution is -2.17. The second-order valence-electron chi connectivity index (χ2n) is 5.25. The number of H-pyrrole nitrogens is 1. The van der Waals surface area contributed by atoms with Crippen molar-refractivity contribution in [2.75, 3.05) is 0 Å². The summed E-state index contributed by atoms with van der Waals surface area (Å²) in [6, 6.07) is 11.7. The average molecular weight is 305 g/mol. The summed E-state index contributed by atoms with van der Waals surface area (Å²) < 4.78 is 3.25. The zero-order valence-corrected chi connectivity index (χ0v) is 12.6. The highest BCUT2D eigenvalue weighted by molar-refractivity contribution is 5.77. The quantitative estimate of drug-likeness (QED) is 0.632. The van der Waals surface area contributed by atoms with Crippen LogP contribution in [0.15, 0.2) is 59.8 Å². The Morgan fingerprint density at radius 1 is 1.13 bits per heavy atom. The summed E-state index contributed by atoms with van der Waals surface area (Å²) in [4.78, 5) is 17.2. The predicted molar refractivity (Wildman–Crippen MR) is 88.1 cm³/mol. The minimum Gasteiger partial charge on any atom is -0.296 e. The Labute approximate surface area is 132 Å². The van der Waals surface area contributed by atoms with Gasteiger partial charge in [-0.1, -0.05) is 30.3 Å². The first-order valence-electron chi connectivity index (χ1n) is 7.46. The van der Waals surface area contributed by atoms with Crippen molar-refractivity contribution in [3.8, 4) is 22.4 Å². The summed E-state index contributed by atoms with van der Waals surface area (Å²) in [5.74, 6) is 0. The Balaban J connectivity index is 1.89. The largest absolute Gasteiger partial charge is 0.296 e. The molecule has 0 fully saturated rings. The summed E-state index contributed by atoms with van der Waals surface area (Å²) in [6.07, 6.45) is 5.25. The van der Waals surface area contributed by atoms with Gasteiger partial charge in [-0.3, -0.25) is 14.6 Å². The van der Waals surface area contributed by atoms with Crippen molar-refractivity contribution < 1.29 is 0 Å². The number of hydrogen-bond acceptors (Lipinski definition) is 3. The Morgan fingerprint density at radius 2 is 1.96 bits per heavy atom. The first kappa shape index (κ1) is 13.5. The zero-order valence-electron chi connectivity index (χ0n) is 12.6. The van der Waals surface area contributed by atoms with E-state index in [4.69, 9.17) is 0 Å². The second kappa shape index (κ2) is 5.24. The number of benzene rings is 1. The molecule has 0 aliphatic carbocycles. The monoisotopic (exact) mass is 305 g/mol. The summed E-state index contributed by atoms with van der Waals surface area (Å²) in [5.41, 5.74) is 3.48. The fraction of sp³-hybridized carbons (Fsp3) is 0.118. The third-order valence-corrected chi connectivity index (χ3v) is 3.87. The third kappa shape index (κ3) is 2.15. The van der Waals surface area contributed by atoms with Crippen molar-refractivity contribution in [3.63, 3.8) is 0 Å². The van der Waals surface area contributed by atoms with E-state index in [0.29, 0.717) is 16.9 Å². The van der Waals surface area contributed by atoms with E-state index in [1.807, 2.05) is 49.5 Å². The smallest absolute Gasteiger partial charge is 0.282 e. The number of hydrogen-bond donors (Lipinski definition) is 1. The number of rotatable bonds is 3. The van der Waals surface area contributed by atoms with Gasteiger partial charge in [-0.2, -0.15) is 5.10 Å². The molecule has 6 heteroatoms. The number of nitrogens with zero attached hydrogens (tertiary/aromatic N) is 4. The van der Waals surface area contributed by atoms with Gasteiger partial charge in [0.15, 0.2) is 5.65 Å². The molecule has 6 nitrogen and oxygen atoms in total. The molecule has 3 heterocycles. The van der Waals surface area contributed by atoms with E-state index < -0.39 is 0 Å². The SMILES string of the molecule is CCn1ccc(-c2cnc3c(-c4ccccc4)c[nH]n3c2=O)n1. The number of nitrogens with one attached hydrogen (secondary N) is 1. The van der Waals surface area contributed by atoms with Crippen LogP contribution in [0.5, 0.6) is 0 Å². The highest BCUT2D eigenvalue weighted by Crippen LogP contribution is 2.22. The van der Waals surface area contributed by atoms with Gasteiger partial charge in [0.1, 0.15) is 0 Å². The van der Waals surface area contributed by atoms with Gasteiger partial charge in [0, 0.05) is 30.7 Å². The van der Waals surface area contributed by atoms with Crippen LogP contribution >= 0.6 is 0 Å². The average Bonchev–Trinajstić information content (AvgIpc) is 3.23. The first-order chi connectivity index (χ1) is 11.3. The lowest BCUT2D eigenvalue weighted by atomic mass is 10.1. The molecule has 23 heavy (non-hydrogen) atoms. The third-order valence-electron chi connectivity index (χ3n) is 3.87. The van der Waals surface area contributed by atoms with Crippen molar-refractivity contribution >= 4 is 5.65 Å². The van der Waals surface area contributed by atoms with Crippen molar-refractivity contribution in [2.24, 2.45) is 0 Å². The molecule has 0 aliphatic rings. The maximum Gasteiger partial charge on any atom is 0.282 e. The standard InChI is InChI=1S/C17H15N5O/c1-2-21-9-8-15(20-21)14-10-18-16-13(11-19-22(16)17(14)23)12-6-4-3-5-7-12/h3-11,19H,2H2,1H3. The lowest BCUT2D eigenvalue weighted by molar-refractivity contribution is 0.661. The zero-order chi connectivity index (χ0) is 15.8. The Kier molecular flexibility index (Phi) is 3.08. The maximum atomic E-state index is 12.7. The van der Waals surface area contributed by atoms with Crippen molar-refractivity contribution in [1.82, 2.24) is 24.4 Å². The van der Waals surface area contributed by atoms with Crippen LogP contribution in [0, 0.1) is 0 Å². The number of aromatic nitrogens is 5. The van der Waals surface area contributed by atoms with E-state index in [1.165, 1.54) is 4.52 Å². The van der Waals surface area contributed by atoms with Crippen LogP contribution in [-0.2, 0) is 6.54 Å². The molecule has 0 saturated heterocycles. The van der Waals surface area contributed by atoms with Gasteiger partial charge < -0.3 is 0 Å². The normalized spacial score (nSPS) is 11.2. The van der Waals surface area contributed by atoms with Gasteiger partial charge in [-0.25, -0.2) is 9.50 Å². The molecule has 4 rings (SSSR count). The molecule has 0 aliphatic heterocycles. The molecule has 0 amide bonds. The molecule has 0 saturated carbocycles. The van der Waals surface area contributed by atoms with Crippen LogP contribution in [0.2, 0.25) is 0 Å². The number of aryl methyl sites for hydroxylation is 1. The van der Waals surface area contributed by atoms with Gasteiger partial charge in [0.05, 0.1) is 11.3 Å². The number of aromatic amines is 1. The van der Waals surface area contributed by atoms with E-state index in [1.54, 1.807) is 17.1 Å². The Bertz CT molecular complexity index is 1030. The van der Waals surface area contributed by atoms with Crippen LogP contribution in [0.25, 0.3) is 28.0 Å². The van der Waals surface area contributed by atoms with Gasteiger partial charge >= 0.3 is 0 Å². The molecular weight excluding hydrogens is 290 g/mol. The predicted octanol–water partition coefficient (Wildman–Crippen LogP) is 2.57. The number of fused-ring (bicyclic) bond motifs is 1. The van der Waals surface area contributed by atoms with E-state index in [0.717, 1.165) is 17.7 Å². The molecule has 0 radical (unpaired) electrons. The topological polar surface area (TPSA) is 68.0 Å². The van der Waals surface area contributed by atoms with Crippen LogP contribution < -0.4 is 5.56 Å². The minimum atomic E-state index is -0.154. The fourth-order valence-corrected chi connectivity index (χ4v) is 2.65.